The fraction of sp³-hybridized carbons (Fsp3) is 0.0769. The number of hydrogen-bond acceptors (Lipinski definition) is 5. The summed E-state index contributed by atoms with van der Waals surface area (Å²) in [5, 5.41) is 2.62. The average Bonchev–Trinajstić information content (AvgIpc) is 2.85. The van der Waals surface area contributed by atoms with Crippen molar-refractivity contribution in [3.05, 3.63) is 113 Å². The topological polar surface area (TPSA) is 92.8 Å². The molecular formula is C26H22N2O5S. The normalized spacial score (nSPS) is 14.2. The molecule has 7 nitrogen and oxygen atoms in total. The zero-order valence-electron chi connectivity index (χ0n) is 18.4. The zero-order chi connectivity index (χ0) is 24.3. The van der Waals surface area contributed by atoms with Gasteiger partial charge in [0.05, 0.1) is 30.6 Å². The van der Waals surface area contributed by atoms with Crippen molar-refractivity contribution in [3.8, 4) is 0 Å². The van der Waals surface area contributed by atoms with Crippen LogP contribution >= 0.6 is 0 Å². The van der Waals surface area contributed by atoms with E-state index in [0.29, 0.717) is 16.8 Å². The number of carbonyl (C=O) groups is 2. The van der Waals surface area contributed by atoms with Crippen molar-refractivity contribution in [2.45, 2.75) is 0 Å². The Morgan fingerprint density at radius 3 is 2.32 bits per heavy atom. The minimum Gasteiger partial charge on any atom is -0.465 e. The molecule has 0 saturated heterocycles. The number of methoxy groups -OCH3 is 1. The van der Waals surface area contributed by atoms with Crippen LogP contribution in [0.1, 0.15) is 21.5 Å². The molecule has 0 radical (unpaired) electrons. The number of carbonyl (C=O) groups excluding carboxylic acids is 2. The highest BCUT2D eigenvalue weighted by molar-refractivity contribution is 7.97. The fourth-order valence-corrected chi connectivity index (χ4v) is 5.60. The molecule has 0 bridgehead atoms. The number of rotatable bonds is 6. The summed E-state index contributed by atoms with van der Waals surface area (Å²) < 4.78 is 33.6. The van der Waals surface area contributed by atoms with Crippen molar-refractivity contribution in [1.29, 1.82) is 0 Å². The van der Waals surface area contributed by atoms with E-state index in [1.165, 1.54) is 25.3 Å². The maximum Gasteiger partial charge on any atom is 0.339 e. The smallest absolute Gasteiger partial charge is 0.339 e. The van der Waals surface area contributed by atoms with E-state index in [1.54, 1.807) is 60.7 Å². The summed E-state index contributed by atoms with van der Waals surface area (Å²) in [6.07, 6.45) is 1.46. The third kappa shape index (κ3) is 3.99. The van der Waals surface area contributed by atoms with Crippen molar-refractivity contribution in [2.24, 2.45) is 0 Å². The summed E-state index contributed by atoms with van der Waals surface area (Å²) in [6, 6.07) is 22.1. The number of ether oxygens (including phenoxy) is 1. The molecule has 0 aliphatic carbocycles. The molecule has 0 atom stereocenters. The van der Waals surface area contributed by atoms with Crippen molar-refractivity contribution in [2.75, 3.05) is 23.3 Å². The molecule has 0 saturated carbocycles. The predicted octanol–water partition coefficient (Wildman–Crippen LogP) is 4.21. The highest BCUT2D eigenvalue weighted by Gasteiger charge is 2.41. The van der Waals surface area contributed by atoms with Crippen LogP contribution in [0, 0.1) is 0 Å². The second-order valence-electron chi connectivity index (χ2n) is 7.40. The number of anilines is 2. The number of sulfonamides is 1. The minimum absolute atomic E-state index is 0.0169. The lowest BCUT2D eigenvalue weighted by molar-refractivity contribution is -0.112. The van der Waals surface area contributed by atoms with E-state index in [1.807, 2.05) is 6.07 Å². The number of benzene rings is 3. The van der Waals surface area contributed by atoms with Crippen LogP contribution in [0.15, 0.2) is 96.4 Å². The predicted molar refractivity (Wildman–Crippen MR) is 132 cm³/mol. The third-order valence-electron chi connectivity index (χ3n) is 5.36. The number of amides is 1. The van der Waals surface area contributed by atoms with Crippen LogP contribution in [0.2, 0.25) is 0 Å². The molecule has 0 unspecified atom stereocenters. The number of hydrogen-bond donors (Lipinski definition) is 1. The maximum atomic E-state index is 13.8. The van der Waals surface area contributed by atoms with Crippen LogP contribution in [-0.4, -0.2) is 33.9 Å². The Kier molecular flexibility index (Phi) is 6.34. The van der Waals surface area contributed by atoms with Crippen molar-refractivity contribution >= 4 is 38.8 Å². The highest BCUT2D eigenvalue weighted by atomic mass is 32.2. The Morgan fingerprint density at radius 2 is 1.62 bits per heavy atom. The Labute approximate surface area is 198 Å². The summed E-state index contributed by atoms with van der Waals surface area (Å²) in [7, 11) is -3.05. The van der Waals surface area contributed by atoms with Gasteiger partial charge in [-0.2, -0.15) is 0 Å². The first-order valence-corrected chi connectivity index (χ1v) is 11.9. The molecule has 0 fully saturated rings. The molecule has 3 aromatic rings. The molecule has 0 aromatic heterocycles. The molecule has 1 aliphatic heterocycles. The van der Waals surface area contributed by atoms with Crippen molar-refractivity contribution in [1.82, 2.24) is 0 Å². The minimum atomic E-state index is -4.28. The summed E-state index contributed by atoms with van der Waals surface area (Å²) in [5.74, 6) is -1.52. The lowest BCUT2D eigenvalue weighted by atomic mass is 9.95. The molecule has 8 heteroatoms. The van der Waals surface area contributed by atoms with Gasteiger partial charge in [0.25, 0.3) is 15.9 Å². The van der Waals surface area contributed by atoms with Crippen LogP contribution < -0.4 is 9.62 Å². The van der Waals surface area contributed by atoms with Crippen LogP contribution in [0.5, 0.6) is 0 Å². The lowest BCUT2D eigenvalue weighted by Gasteiger charge is -2.32. The quantitative estimate of drug-likeness (QED) is 0.427. The monoisotopic (exact) mass is 474 g/mol. The van der Waals surface area contributed by atoms with Crippen molar-refractivity contribution in [3.63, 3.8) is 0 Å². The van der Waals surface area contributed by atoms with Gasteiger partial charge in [-0.1, -0.05) is 66.7 Å². The van der Waals surface area contributed by atoms with Crippen LogP contribution in [0.3, 0.4) is 0 Å². The van der Waals surface area contributed by atoms with E-state index in [-0.39, 0.29) is 23.4 Å². The number of para-hydroxylation sites is 2. The Balaban J connectivity index is 1.97. The van der Waals surface area contributed by atoms with Gasteiger partial charge >= 0.3 is 5.97 Å². The highest BCUT2D eigenvalue weighted by Crippen LogP contribution is 2.43. The molecule has 1 heterocycles. The molecule has 4 rings (SSSR count). The van der Waals surface area contributed by atoms with Gasteiger partial charge in [-0.05, 0) is 23.8 Å². The second kappa shape index (κ2) is 9.36. The van der Waals surface area contributed by atoms with E-state index >= 15 is 0 Å². The number of esters is 1. The van der Waals surface area contributed by atoms with Gasteiger partial charge in [-0.15, -0.1) is 6.58 Å². The van der Waals surface area contributed by atoms with Gasteiger partial charge in [0, 0.05) is 11.1 Å². The van der Waals surface area contributed by atoms with E-state index in [2.05, 4.69) is 11.9 Å². The molecule has 1 N–H and O–H groups in total. The molecule has 3 aromatic carbocycles. The van der Waals surface area contributed by atoms with Crippen molar-refractivity contribution < 1.29 is 22.7 Å². The van der Waals surface area contributed by atoms with E-state index in [4.69, 9.17) is 4.74 Å². The van der Waals surface area contributed by atoms with Gasteiger partial charge in [-0.25, -0.2) is 13.2 Å². The summed E-state index contributed by atoms with van der Waals surface area (Å²) >= 11 is 0. The molecule has 1 amide bonds. The number of nitrogens with one attached hydrogen (secondary N) is 1. The van der Waals surface area contributed by atoms with Crippen LogP contribution in [0.4, 0.5) is 11.4 Å². The van der Waals surface area contributed by atoms with Gasteiger partial charge in [-0.3, -0.25) is 9.10 Å². The average molecular weight is 475 g/mol. The molecule has 0 spiro atoms. The van der Waals surface area contributed by atoms with Gasteiger partial charge in [0.1, 0.15) is 0 Å². The summed E-state index contributed by atoms with van der Waals surface area (Å²) in [5.41, 5.74) is 2.15. The van der Waals surface area contributed by atoms with E-state index < -0.39 is 26.8 Å². The lowest BCUT2D eigenvalue weighted by Crippen LogP contribution is -2.40. The van der Waals surface area contributed by atoms with Gasteiger partial charge in [0.15, 0.2) is 4.91 Å². The SMILES string of the molecule is C=CCN1c2ccccc2C(c2ccccc2)=C(C(=O)Nc2ccccc2C(=O)OC)S1(=O)=O. The molecular weight excluding hydrogens is 452 g/mol. The van der Waals surface area contributed by atoms with Gasteiger partial charge < -0.3 is 10.1 Å². The maximum absolute atomic E-state index is 13.8. The molecule has 172 valence electrons. The summed E-state index contributed by atoms with van der Waals surface area (Å²) in [4.78, 5) is 25.4. The second-order valence-corrected chi connectivity index (χ2v) is 9.20. The first-order chi connectivity index (χ1) is 16.4. The van der Waals surface area contributed by atoms with E-state index in [9.17, 15) is 18.0 Å². The molecule has 34 heavy (non-hydrogen) atoms. The third-order valence-corrected chi connectivity index (χ3v) is 7.19. The Bertz CT molecular complexity index is 1410. The largest absolute Gasteiger partial charge is 0.465 e. The number of fused-ring (bicyclic) bond motifs is 1. The summed E-state index contributed by atoms with van der Waals surface area (Å²) in [6.45, 7) is 3.66. The fourth-order valence-electron chi connectivity index (χ4n) is 3.89. The van der Waals surface area contributed by atoms with E-state index in [0.717, 1.165) is 4.31 Å². The zero-order valence-corrected chi connectivity index (χ0v) is 19.2. The van der Waals surface area contributed by atoms with Crippen LogP contribution in [0.25, 0.3) is 5.57 Å². The molecule has 1 aliphatic rings. The standard InChI is InChI=1S/C26H22N2O5S/c1-3-17-28-22-16-10-8-14-20(22)23(18-11-5-4-6-12-18)24(34(28,31)32)25(29)27-21-15-9-7-13-19(21)26(30)33-2/h3-16H,1,17H2,2H3,(H,27,29). The van der Waals surface area contributed by atoms with Crippen LogP contribution in [-0.2, 0) is 19.6 Å². The first kappa shape index (κ1) is 23.0. The number of nitrogens with zero attached hydrogens (tertiary/aromatic N) is 1. The Morgan fingerprint density at radius 1 is 0.971 bits per heavy atom. The first-order valence-electron chi connectivity index (χ1n) is 10.4. The van der Waals surface area contributed by atoms with Gasteiger partial charge in [0.2, 0.25) is 0 Å². The Hall–Kier alpha value is -4.17.